The first-order valence-electron chi connectivity index (χ1n) is 6.47. The molecule has 1 unspecified atom stereocenters. The quantitative estimate of drug-likeness (QED) is 0.847. The molecule has 0 aliphatic heterocycles. The monoisotopic (exact) mass is 390 g/mol. The van der Waals surface area contributed by atoms with E-state index in [0.29, 0.717) is 10.0 Å². The number of hydrogen-bond donors (Lipinski definition) is 1. The Morgan fingerprint density at radius 3 is 2.76 bits per heavy atom. The lowest BCUT2D eigenvalue weighted by Gasteiger charge is -2.18. The van der Waals surface area contributed by atoms with Gasteiger partial charge in [-0.05, 0) is 41.7 Å². The number of nitrogens with zero attached hydrogens (tertiary/aromatic N) is 3. The van der Waals surface area contributed by atoms with Gasteiger partial charge in [0.05, 0.1) is 39.0 Å². The number of rotatable bonds is 5. The van der Waals surface area contributed by atoms with E-state index in [9.17, 15) is 0 Å². The number of nitrogens with two attached hydrogens (primary N) is 1. The van der Waals surface area contributed by atoms with Crippen LogP contribution in [0.25, 0.3) is 0 Å². The van der Waals surface area contributed by atoms with E-state index in [1.165, 1.54) is 0 Å². The molecule has 2 aromatic rings. The molecule has 0 fully saturated rings. The molecule has 0 amide bonds. The van der Waals surface area contributed by atoms with Crippen LogP contribution in [0.4, 0.5) is 0 Å². The fraction of sp³-hybridized carbons (Fsp3) is 0.357. The maximum absolute atomic E-state index is 6.39. The minimum Gasteiger partial charge on any atom is -0.319 e. The first-order chi connectivity index (χ1) is 9.91. The van der Waals surface area contributed by atoms with Crippen LogP contribution >= 0.6 is 39.1 Å². The predicted molar refractivity (Wildman–Crippen MR) is 91.0 cm³/mol. The lowest BCUT2D eigenvalue weighted by Crippen LogP contribution is -2.23. The topological polar surface area (TPSA) is 47.1 Å². The molecule has 0 bridgehead atoms. The molecule has 0 aliphatic rings. The molecule has 2 N–H and O–H groups in total. The second-order valence-electron chi connectivity index (χ2n) is 5.02. The fourth-order valence-corrected chi connectivity index (χ4v) is 3.03. The summed E-state index contributed by atoms with van der Waals surface area (Å²) in [5, 5.41) is 5.36. The molecule has 114 valence electrons. The highest BCUT2D eigenvalue weighted by Gasteiger charge is 2.21. The van der Waals surface area contributed by atoms with E-state index in [1.807, 2.05) is 30.9 Å². The molecule has 0 saturated carbocycles. The van der Waals surface area contributed by atoms with E-state index >= 15 is 0 Å². The third kappa shape index (κ3) is 3.79. The summed E-state index contributed by atoms with van der Waals surface area (Å²) >= 11 is 15.9. The molecule has 0 saturated heterocycles. The third-order valence-corrected chi connectivity index (χ3v) is 4.65. The average molecular weight is 392 g/mol. The zero-order chi connectivity index (χ0) is 15.6. The Kier molecular flexibility index (Phi) is 5.68. The molecule has 7 heteroatoms. The highest BCUT2D eigenvalue weighted by molar-refractivity contribution is 9.10. The molecule has 21 heavy (non-hydrogen) atoms. The van der Waals surface area contributed by atoms with Gasteiger partial charge in [-0.1, -0.05) is 35.3 Å². The molecule has 1 aromatic heterocycles. The van der Waals surface area contributed by atoms with Gasteiger partial charge in [0.15, 0.2) is 0 Å². The van der Waals surface area contributed by atoms with Gasteiger partial charge in [0.1, 0.15) is 0 Å². The molecule has 2 rings (SSSR count). The molecule has 1 atom stereocenters. The largest absolute Gasteiger partial charge is 0.319 e. The Morgan fingerprint density at radius 2 is 2.10 bits per heavy atom. The van der Waals surface area contributed by atoms with Gasteiger partial charge in [0, 0.05) is 6.54 Å². The molecule has 0 radical (unpaired) electrons. The Hall–Kier alpha value is -0.590. The summed E-state index contributed by atoms with van der Waals surface area (Å²) in [4.78, 5) is 2.09. The molecule has 1 heterocycles. The van der Waals surface area contributed by atoms with Crippen molar-refractivity contribution in [3.05, 3.63) is 50.2 Å². The SMILES string of the molecule is CN(C)CCn1ncc(Br)c1C(N)c1cccc(Cl)c1Cl. The summed E-state index contributed by atoms with van der Waals surface area (Å²) in [7, 11) is 4.04. The van der Waals surface area contributed by atoms with Gasteiger partial charge < -0.3 is 10.6 Å². The van der Waals surface area contributed by atoms with Crippen LogP contribution in [0.15, 0.2) is 28.9 Å². The van der Waals surface area contributed by atoms with Crippen molar-refractivity contribution in [1.82, 2.24) is 14.7 Å². The Bertz CT molecular complexity index is 627. The van der Waals surface area contributed by atoms with Gasteiger partial charge in [-0.25, -0.2) is 0 Å². The van der Waals surface area contributed by atoms with Crippen LogP contribution in [0, 0.1) is 0 Å². The number of likely N-dealkylation sites (N-methyl/N-ethyl adjacent to an activating group) is 1. The first-order valence-corrected chi connectivity index (χ1v) is 8.02. The molecular weight excluding hydrogens is 375 g/mol. The second-order valence-corrected chi connectivity index (χ2v) is 6.66. The summed E-state index contributed by atoms with van der Waals surface area (Å²) in [6, 6.07) is 5.08. The molecule has 0 aliphatic carbocycles. The lowest BCUT2D eigenvalue weighted by molar-refractivity contribution is 0.368. The normalized spacial score (nSPS) is 12.9. The van der Waals surface area contributed by atoms with Crippen molar-refractivity contribution >= 4 is 39.1 Å². The van der Waals surface area contributed by atoms with E-state index in [1.54, 1.807) is 12.3 Å². The minimum atomic E-state index is -0.393. The van der Waals surface area contributed by atoms with E-state index < -0.39 is 6.04 Å². The van der Waals surface area contributed by atoms with Crippen molar-refractivity contribution in [2.24, 2.45) is 5.73 Å². The highest BCUT2D eigenvalue weighted by atomic mass is 79.9. The highest BCUT2D eigenvalue weighted by Crippen LogP contribution is 2.34. The predicted octanol–water partition coefficient (Wildman–Crippen LogP) is 3.56. The number of aromatic nitrogens is 2. The van der Waals surface area contributed by atoms with Crippen molar-refractivity contribution in [3.63, 3.8) is 0 Å². The smallest absolute Gasteiger partial charge is 0.0749 e. The van der Waals surface area contributed by atoms with Gasteiger partial charge in [0.2, 0.25) is 0 Å². The van der Waals surface area contributed by atoms with E-state index in [-0.39, 0.29) is 0 Å². The van der Waals surface area contributed by atoms with Crippen molar-refractivity contribution in [3.8, 4) is 0 Å². The first kappa shape index (κ1) is 16.8. The zero-order valence-corrected chi connectivity index (χ0v) is 15.0. The zero-order valence-electron chi connectivity index (χ0n) is 11.9. The van der Waals surface area contributed by atoms with E-state index in [4.69, 9.17) is 28.9 Å². The summed E-state index contributed by atoms with van der Waals surface area (Å²) in [5.74, 6) is 0. The van der Waals surface area contributed by atoms with Gasteiger partial charge in [-0.15, -0.1) is 0 Å². The van der Waals surface area contributed by atoms with Crippen LogP contribution in [0.5, 0.6) is 0 Å². The summed E-state index contributed by atoms with van der Waals surface area (Å²) < 4.78 is 2.76. The van der Waals surface area contributed by atoms with Crippen molar-refractivity contribution in [2.45, 2.75) is 12.6 Å². The van der Waals surface area contributed by atoms with Crippen molar-refractivity contribution in [1.29, 1.82) is 0 Å². The van der Waals surface area contributed by atoms with E-state index in [0.717, 1.165) is 28.8 Å². The van der Waals surface area contributed by atoms with E-state index in [2.05, 4.69) is 25.9 Å². The molecule has 0 spiro atoms. The van der Waals surface area contributed by atoms with Crippen LogP contribution in [-0.2, 0) is 6.54 Å². The Labute approximate surface area is 142 Å². The maximum atomic E-state index is 6.39. The standard InChI is InChI=1S/C14H17BrCl2N4/c1-20(2)6-7-21-14(10(15)8-19-21)13(18)9-4-3-5-11(16)12(9)17/h3-5,8,13H,6-7,18H2,1-2H3. The summed E-state index contributed by atoms with van der Waals surface area (Å²) in [6.45, 7) is 1.62. The van der Waals surface area contributed by atoms with Crippen LogP contribution in [0.1, 0.15) is 17.3 Å². The van der Waals surface area contributed by atoms with Gasteiger partial charge in [-0.3, -0.25) is 4.68 Å². The van der Waals surface area contributed by atoms with Gasteiger partial charge in [0.25, 0.3) is 0 Å². The van der Waals surface area contributed by atoms with Crippen LogP contribution in [0.2, 0.25) is 10.0 Å². The minimum absolute atomic E-state index is 0.393. The maximum Gasteiger partial charge on any atom is 0.0749 e. The number of benzene rings is 1. The molecular formula is C14H17BrCl2N4. The lowest BCUT2D eigenvalue weighted by atomic mass is 10.0. The third-order valence-electron chi connectivity index (χ3n) is 3.20. The van der Waals surface area contributed by atoms with Crippen LogP contribution in [-0.4, -0.2) is 35.3 Å². The fourth-order valence-electron chi connectivity index (χ4n) is 2.06. The number of halogens is 3. The number of hydrogen-bond acceptors (Lipinski definition) is 3. The van der Waals surface area contributed by atoms with Crippen LogP contribution in [0.3, 0.4) is 0 Å². The van der Waals surface area contributed by atoms with Crippen molar-refractivity contribution in [2.75, 3.05) is 20.6 Å². The Morgan fingerprint density at radius 1 is 1.38 bits per heavy atom. The summed E-state index contributed by atoms with van der Waals surface area (Å²) in [5.41, 5.74) is 8.07. The van der Waals surface area contributed by atoms with Gasteiger partial charge in [-0.2, -0.15) is 5.10 Å². The van der Waals surface area contributed by atoms with Crippen molar-refractivity contribution < 1.29 is 0 Å². The van der Waals surface area contributed by atoms with Gasteiger partial charge >= 0.3 is 0 Å². The average Bonchev–Trinajstić information content (AvgIpc) is 2.80. The molecule has 1 aromatic carbocycles. The summed E-state index contributed by atoms with van der Waals surface area (Å²) in [6.07, 6.45) is 1.75. The Balaban J connectivity index is 2.36. The molecule has 4 nitrogen and oxygen atoms in total. The second kappa shape index (κ2) is 7.11. The van der Waals surface area contributed by atoms with Crippen LogP contribution < -0.4 is 5.73 Å².